The summed E-state index contributed by atoms with van der Waals surface area (Å²) in [5.41, 5.74) is 1.83. The zero-order chi connectivity index (χ0) is 20.6. The van der Waals surface area contributed by atoms with Crippen molar-refractivity contribution in [1.82, 2.24) is 14.8 Å². The molecule has 2 aromatic rings. The molecule has 3 aliphatic rings. The van der Waals surface area contributed by atoms with Gasteiger partial charge in [-0.25, -0.2) is 4.98 Å². The van der Waals surface area contributed by atoms with Gasteiger partial charge >= 0.3 is 0 Å². The van der Waals surface area contributed by atoms with Crippen molar-refractivity contribution in [2.24, 2.45) is 0 Å². The van der Waals surface area contributed by atoms with Gasteiger partial charge in [-0.3, -0.25) is 9.80 Å². The number of pyridine rings is 1. The van der Waals surface area contributed by atoms with Gasteiger partial charge < -0.3 is 4.90 Å². The maximum Gasteiger partial charge on any atom is 0.128 e. The fourth-order valence-electron chi connectivity index (χ4n) is 5.80. The Labute approximate surface area is 198 Å². The number of anilines is 1. The van der Waals surface area contributed by atoms with Crippen LogP contribution in [0, 0.1) is 0 Å². The van der Waals surface area contributed by atoms with E-state index in [4.69, 9.17) is 11.6 Å². The molecular formula is C25H34Cl2N4. The third-order valence-electron chi connectivity index (χ3n) is 7.82. The van der Waals surface area contributed by atoms with E-state index in [0.29, 0.717) is 17.6 Å². The standard InChI is InChI=1S/C25H33ClN4.ClH/c1-28-18-23(17-20-6-8-21(26)9-7-20)30(19-25(28)12-4-13-25)22-10-15-29(16-11-22)24-5-2-3-14-27-24;/h2-3,5-9,14,22-23H,4,10-13,15-19H2,1H3;1H/t23-;/m0./s1. The Hall–Kier alpha value is -1.33. The van der Waals surface area contributed by atoms with E-state index in [9.17, 15) is 0 Å². The number of nitrogens with zero attached hydrogens (tertiary/aromatic N) is 4. The Kier molecular flexibility index (Phi) is 7.12. The molecule has 0 radical (unpaired) electrons. The van der Waals surface area contributed by atoms with Crippen molar-refractivity contribution >= 4 is 29.8 Å². The van der Waals surface area contributed by atoms with Crippen LogP contribution >= 0.6 is 24.0 Å². The number of hydrogen-bond donors (Lipinski definition) is 0. The molecule has 0 unspecified atom stereocenters. The van der Waals surface area contributed by atoms with Crippen LogP contribution in [-0.4, -0.2) is 65.6 Å². The van der Waals surface area contributed by atoms with E-state index >= 15 is 0 Å². The summed E-state index contributed by atoms with van der Waals surface area (Å²) in [6.45, 7) is 4.61. The molecule has 1 saturated carbocycles. The van der Waals surface area contributed by atoms with Crippen LogP contribution in [0.25, 0.3) is 0 Å². The summed E-state index contributed by atoms with van der Waals surface area (Å²) in [5.74, 6) is 1.13. The normalized spacial score (nSPS) is 24.6. The molecule has 0 bridgehead atoms. The summed E-state index contributed by atoms with van der Waals surface area (Å²) in [7, 11) is 2.36. The second-order valence-electron chi connectivity index (χ2n) is 9.52. The van der Waals surface area contributed by atoms with Gasteiger partial charge in [0.15, 0.2) is 0 Å². The first-order valence-electron chi connectivity index (χ1n) is 11.5. The lowest BCUT2D eigenvalue weighted by atomic mass is 9.72. The van der Waals surface area contributed by atoms with Gasteiger partial charge in [0.05, 0.1) is 0 Å². The van der Waals surface area contributed by atoms with Gasteiger partial charge in [-0.1, -0.05) is 29.8 Å². The lowest BCUT2D eigenvalue weighted by Crippen LogP contribution is -2.69. The first kappa shape index (κ1) is 22.8. The molecule has 0 N–H and O–H groups in total. The van der Waals surface area contributed by atoms with Crippen LogP contribution in [0.15, 0.2) is 48.7 Å². The van der Waals surface area contributed by atoms with E-state index < -0.39 is 0 Å². The highest BCUT2D eigenvalue weighted by atomic mass is 35.5. The molecule has 3 fully saturated rings. The minimum atomic E-state index is 0. The number of likely N-dealkylation sites (N-methyl/N-ethyl adjacent to an activating group) is 1. The maximum atomic E-state index is 6.13. The van der Waals surface area contributed by atoms with Crippen molar-refractivity contribution in [2.45, 2.75) is 56.1 Å². The third-order valence-corrected chi connectivity index (χ3v) is 8.07. The van der Waals surface area contributed by atoms with E-state index in [1.165, 1.54) is 50.8 Å². The average Bonchev–Trinajstić information content (AvgIpc) is 2.75. The van der Waals surface area contributed by atoms with Gasteiger partial charge in [-0.2, -0.15) is 0 Å². The van der Waals surface area contributed by atoms with E-state index in [2.05, 4.69) is 51.0 Å². The zero-order valence-electron chi connectivity index (χ0n) is 18.4. The first-order chi connectivity index (χ1) is 14.6. The van der Waals surface area contributed by atoms with Crippen molar-refractivity contribution in [3.05, 3.63) is 59.2 Å². The largest absolute Gasteiger partial charge is 0.357 e. The van der Waals surface area contributed by atoms with Gasteiger partial charge in [-0.15, -0.1) is 12.4 Å². The minimum Gasteiger partial charge on any atom is -0.357 e. The number of benzene rings is 1. The van der Waals surface area contributed by atoms with Gasteiger partial charge in [0.2, 0.25) is 0 Å². The highest BCUT2D eigenvalue weighted by molar-refractivity contribution is 6.30. The third kappa shape index (κ3) is 4.73. The van der Waals surface area contributed by atoms with Crippen molar-refractivity contribution < 1.29 is 0 Å². The fraction of sp³-hybridized carbons (Fsp3) is 0.560. The summed E-state index contributed by atoms with van der Waals surface area (Å²) in [5, 5.41) is 0.826. The smallest absolute Gasteiger partial charge is 0.128 e. The molecule has 2 saturated heterocycles. The van der Waals surface area contributed by atoms with Gasteiger partial charge in [0, 0.05) is 55.0 Å². The number of aromatic nitrogens is 1. The highest BCUT2D eigenvalue weighted by Gasteiger charge is 2.48. The quantitative estimate of drug-likeness (QED) is 0.646. The molecule has 2 aliphatic heterocycles. The second-order valence-corrected chi connectivity index (χ2v) is 9.96. The minimum absolute atomic E-state index is 0. The summed E-state index contributed by atoms with van der Waals surface area (Å²) in [4.78, 5) is 12.6. The second kappa shape index (κ2) is 9.66. The van der Waals surface area contributed by atoms with E-state index in [1.807, 2.05) is 24.4 Å². The topological polar surface area (TPSA) is 22.6 Å². The molecule has 1 spiro atoms. The Morgan fingerprint density at radius 1 is 1.06 bits per heavy atom. The monoisotopic (exact) mass is 460 g/mol. The van der Waals surface area contributed by atoms with Gasteiger partial charge in [0.25, 0.3) is 0 Å². The Bertz CT molecular complexity index is 832. The van der Waals surface area contributed by atoms with Gasteiger partial charge in [-0.05, 0) is 75.4 Å². The van der Waals surface area contributed by atoms with Crippen molar-refractivity contribution in [3.8, 4) is 0 Å². The van der Waals surface area contributed by atoms with E-state index in [0.717, 1.165) is 30.4 Å². The zero-order valence-corrected chi connectivity index (χ0v) is 20.0. The molecule has 5 rings (SSSR count). The van der Waals surface area contributed by atoms with Crippen LogP contribution in [0.2, 0.25) is 5.02 Å². The van der Waals surface area contributed by atoms with Crippen molar-refractivity contribution in [3.63, 3.8) is 0 Å². The van der Waals surface area contributed by atoms with Crippen LogP contribution in [0.4, 0.5) is 5.82 Å². The number of halogens is 2. The SMILES string of the molecule is CN1C[C@H](Cc2ccc(Cl)cc2)N(C2CCN(c3ccccn3)CC2)CC12CCC2.Cl. The predicted octanol–water partition coefficient (Wildman–Crippen LogP) is 4.91. The summed E-state index contributed by atoms with van der Waals surface area (Å²) in [6, 6.07) is 16.0. The Balaban J connectivity index is 0.00000231. The Morgan fingerprint density at radius 2 is 1.81 bits per heavy atom. The predicted molar refractivity (Wildman–Crippen MR) is 132 cm³/mol. The molecule has 3 heterocycles. The van der Waals surface area contributed by atoms with Crippen LogP contribution in [0.3, 0.4) is 0 Å². The lowest BCUT2D eigenvalue weighted by Gasteiger charge is -2.59. The van der Waals surface area contributed by atoms with Crippen LogP contribution in [-0.2, 0) is 6.42 Å². The fourth-order valence-corrected chi connectivity index (χ4v) is 5.92. The first-order valence-corrected chi connectivity index (χ1v) is 11.9. The molecule has 1 aliphatic carbocycles. The maximum absolute atomic E-state index is 6.13. The summed E-state index contributed by atoms with van der Waals surface area (Å²) >= 11 is 6.13. The number of hydrogen-bond acceptors (Lipinski definition) is 4. The molecule has 1 atom stereocenters. The van der Waals surface area contributed by atoms with Crippen LogP contribution in [0.1, 0.15) is 37.7 Å². The molecule has 0 amide bonds. The number of rotatable bonds is 4. The molecule has 1 aromatic carbocycles. The molecule has 168 valence electrons. The molecule has 1 aromatic heterocycles. The molecular weight excluding hydrogens is 427 g/mol. The van der Waals surface area contributed by atoms with Crippen LogP contribution in [0.5, 0.6) is 0 Å². The van der Waals surface area contributed by atoms with E-state index in [-0.39, 0.29) is 12.4 Å². The van der Waals surface area contributed by atoms with Gasteiger partial charge in [0.1, 0.15) is 5.82 Å². The van der Waals surface area contributed by atoms with Crippen molar-refractivity contribution in [2.75, 3.05) is 38.1 Å². The van der Waals surface area contributed by atoms with E-state index in [1.54, 1.807) is 0 Å². The molecule has 6 heteroatoms. The van der Waals surface area contributed by atoms with Crippen molar-refractivity contribution in [1.29, 1.82) is 0 Å². The lowest BCUT2D eigenvalue weighted by molar-refractivity contribution is -0.0823. The molecule has 4 nitrogen and oxygen atoms in total. The number of piperazine rings is 1. The number of piperidine rings is 1. The summed E-state index contributed by atoms with van der Waals surface area (Å²) < 4.78 is 0. The van der Waals surface area contributed by atoms with Crippen LogP contribution < -0.4 is 4.90 Å². The molecule has 31 heavy (non-hydrogen) atoms. The Morgan fingerprint density at radius 3 is 2.42 bits per heavy atom. The summed E-state index contributed by atoms with van der Waals surface area (Å²) in [6.07, 6.45) is 9.59. The average molecular weight is 461 g/mol. The highest BCUT2D eigenvalue weighted by Crippen LogP contribution is 2.42.